The molecule has 2 unspecified atom stereocenters. The molecule has 3 N–H and O–H groups in total. The number of hydrogen-bond acceptors (Lipinski definition) is 4. The fourth-order valence-corrected chi connectivity index (χ4v) is 4.77. The van der Waals surface area contributed by atoms with Crippen LogP contribution in [0.4, 0.5) is 0 Å². The van der Waals surface area contributed by atoms with E-state index in [1.54, 1.807) is 11.3 Å². The largest absolute Gasteiger partial charge is 0.375 e. The highest BCUT2D eigenvalue weighted by Gasteiger charge is 2.42. The Hall–Kier alpha value is -0.420. The van der Waals surface area contributed by atoms with Crippen LogP contribution in [-0.2, 0) is 4.74 Å². The molecule has 0 amide bonds. The zero-order chi connectivity index (χ0) is 13.3. The molecular formula is C15H24N2OS. The Bertz CT molecular complexity index is 426. The van der Waals surface area contributed by atoms with E-state index in [9.17, 15) is 0 Å². The Morgan fingerprint density at radius 3 is 2.84 bits per heavy atom. The molecule has 106 valence electrons. The van der Waals surface area contributed by atoms with Crippen LogP contribution in [0.2, 0.25) is 0 Å². The first kappa shape index (κ1) is 13.6. The molecule has 1 saturated carbocycles. The van der Waals surface area contributed by atoms with Crippen molar-refractivity contribution in [2.45, 2.75) is 57.1 Å². The van der Waals surface area contributed by atoms with Crippen LogP contribution in [0.3, 0.4) is 0 Å². The van der Waals surface area contributed by atoms with E-state index in [2.05, 4.69) is 23.1 Å². The summed E-state index contributed by atoms with van der Waals surface area (Å²) in [5.41, 5.74) is 5.98. The molecule has 1 saturated heterocycles. The van der Waals surface area contributed by atoms with E-state index in [0.29, 0.717) is 5.92 Å². The molecule has 2 heterocycles. The Morgan fingerprint density at radius 1 is 1.42 bits per heavy atom. The molecule has 0 bridgehead atoms. The maximum atomic E-state index is 6.13. The predicted molar refractivity (Wildman–Crippen MR) is 79.0 cm³/mol. The Morgan fingerprint density at radius 2 is 2.21 bits per heavy atom. The third-order valence-corrected chi connectivity index (χ3v) is 5.81. The van der Waals surface area contributed by atoms with Gasteiger partial charge in [-0.3, -0.25) is 11.3 Å². The van der Waals surface area contributed by atoms with Gasteiger partial charge in [0.05, 0.1) is 11.6 Å². The van der Waals surface area contributed by atoms with Gasteiger partial charge in [0.15, 0.2) is 0 Å². The summed E-state index contributed by atoms with van der Waals surface area (Å²) in [6, 6.07) is 0.285. The van der Waals surface area contributed by atoms with Crippen LogP contribution in [0.1, 0.15) is 55.7 Å². The molecular weight excluding hydrogens is 256 g/mol. The highest BCUT2D eigenvalue weighted by molar-refractivity contribution is 7.08. The summed E-state index contributed by atoms with van der Waals surface area (Å²) in [6.45, 7) is 3.08. The minimum atomic E-state index is 0.169. The Kier molecular flexibility index (Phi) is 3.94. The fourth-order valence-electron chi connectivity index (χ4n) is 3.89. The third-order valence-electron chi connectivity index (χ3n) is 4.93. The fraction of sp³-hybridized carbons (Fsp3) is 0.733. The Labute approximate surface area is 119 Å². The summed E-state index contributed by atoms with van der Waals surface area (Å²) in [5, 5.41) is 4.46. The van der Waals surface area contributed by atoms with Crippen LogP contribution >= 0.6 is 11.3 Å². The second kappa shape index (κ2) is 5.52. The predicted octanol–water partition coefficient (Wildman–Crippen LogP) is 3.30. The maximum absolute atomic E-state index is 6.13. The topological polar surface area (TPSA) is 47.3 Å². The minimum absolute atomic E-state index is 0.169. The van der Waals surface area contributed by atoms with E-state index in [-0.39, 0.29) is 11.6 Å². The number of thiophene rings is 1. The molecule has 1 aromatic rings. The van der Waals surface area contributed by atoms with Crippen molar-refractivity contribution >= 4 is 11.3 Å². The molecule has 2 fully saturated rings. The molecule has 1 spiro atoms. The molecule has 3 rings (SSSR count). The monoisotopic (exact) mass is 280 g/mol. The first-order valence-electron chi connectivity index (χ1n) is 7.37. The number of aryl methyl sites for hydroxylation is 1. The average Bonchev–Trinajstić information content (AvgIpc) is 3.02. The molecule has 1 aromatic heterocycles. The second-order valence-corrected chi connectivity index (χ2v) is 6.89. The van der Waals surface area contributed by atoms with E-state index in [0.717, 1.165) is 19.4 Å². The van der Waals surface area contributed by atoms with Crippen LogP contribution in [0.25, 0.3) is 0 Å². The van der Waals surface area contributed by atoms with E-state index in [1.807, 2.05) is 0 Å². The number of nitrogens with one attached hydrogen (secondary N) is 1. The van der Waals surface area contributed by atoms with Gasteiger partial charge in [0, 0.05) is 6.61 Å². The molecule has 3 nitrogen and oxygen atoms in total. The minimum Gasteiger partial charge on any atom is -0.375 e. The third kappa shape index (κ3) is 2.59. The van der Waals surface area contributed by atoms with Crippen LogP contribution in [0.5, 0.6) is 0 Å². The second-order valence-electron chi connectivity index (χ2n) is 6.15. The van der Waals surface area contributed by atoms with E-state index >= 15 is 0 Å². The Balaban J connectivity index is 1.78. The number of rotatable bonds is 3. The molecule has 0 radical (unpaired) electrons. The lowest BCUT2D eigenvalue weighted by Crippen LogP contribution is -2.43. The van der Waals surface area contributed by atoms with Gasteiger partial charge in [0.25, 0.3) is 0 Å². The van der Waals surface area contributed by atoms with Gasteiger partial charge >= 0.3 is 0 Å². The summed E-state index contributed by atoms with van der Waals surface area (Å²) in [7, 11) is 0. The van der Waals surface area contributed by atoms with Gasteiger partial charge in [0.2, 0.25) is 0 Å². The molecule has 1 aliphatic carbocycles. The zero-order valence-electron chi connectivity index (χ0n) is 11.7. The van der Waals surface area contributed by atoms with Gasteiger partial charge in [-0.2, -0.15) is 11.3 Å². The average molecular weight is 280 g/mol. The molecule has 2 aliphatic rings. The van der Waals surface area contributed by atoms with Crippen molar-refractivity contribution in [1.82, 2.24) is 5.43 Å². The normalized spacial score (nSPS) is 27.8. The lowest BCUT2D eigenvalue weighted by Gasteiger charge is -2.41. The first-order chi connectivity index (χ1) is 9.24. The van der Waals surface area contributed by atoms with E-state index in [4.69, 9.17) is 10.6 Å². The number of ether oxygens (including phenoxy) is 1. The number of nitrogens with two attached hydrogens (primary N) is 1. The van der Waals surface area contributed by atoms with Crippen molar-refractivity contribution in [3.8, 4) is 0 Å². The highest BCUT2D eigenvalue weighted by Crippen LogP contribution is 2.45. The first-order valence-corrected chi connectivity index (χ1v) is 8.31. The van der Waals surface area contributed by atoms with E-state index < -0.39 is 0 Å². The SMILES string of the molecule is Cc1cscc1C(NN)C1CCOC2(CCCC2)C1. The summed E-state index contributed by atoms with van der Waals surface area (Å²) >= 11 is 1.77. The molecule has 2 atom stereocenters. The molecule has 1 aliphatic heterocycles. The van der Waals surface area contributed by atoms with Gasteiger partial charge < -0.3 is 4.74 Å². The number of hydrogen-bond donors (Lipinski definition) is 2. The smallest absolute Gasteiger partial charge is 0.0686 e. The molecule has 4 heteroatoms. The van der Waals surface area contributed by atoms with Crippen LogP contribution in [-0.4, -0.2) is 12.2 Å². The summed E-state index contributed by atoms with van der Waals surface area (Å²) in [4.78, 5) is 0. The van der Waals surface area contributed by atoms with Crippen LogP contribution in [0, 0.1) is 12.8 Å². The van der Waals surface area contributed by atoms with Gasteiger partial charge in [-0.15, -0.1) is 0 Å². The highest BCUT2D eigenvalue weighted by atomic mass is 32.1. The van der Waals surface area contributed by atoms with Gasteiger partial charge in [-0.1, -0.05) is 12.8 Å². The van der Waals surface area contributed by atoms with Crippen molar-refractivity contribution in [2.24, 2.45) is 11.8 Å². The molecule has 0 aromatic carbocycles. The summed E-state index contributed by atoms with van der Waals surface area (Å²) in [5.74, 6) is 6.47. The van der Waals surface area contributed by atoms with Crippen molar-refractivity contribution < 1.29 is 4.74 Å². The van der Waals surface area contributed by atoms with Crippen molar-refractivity contribution in [3.05, 3.63) is 21.9 Å². The van der Waals surface area contributed by atoms with Crippen molar-refractivity contribution in [3.63, 3.8) is 0 Å². The van der Waals surface area contributed by atoms with E-state index in [1.165, 1.54) is 36.8 Å². The standard InChI is InChI=1S/C15H24N2OS/c1-11-9-19-10-13(11)14(17-16)12-4-7-18-15(8-12)5-2-3-6-15/h9-10,12,14,17H,2-8,16H2,1H3. The quantitative estimate of drug-likeness (QED) is 0.659. The maximum Gasteiger partial charge on any atom is 0.0686 e. The summed E-state index contributed by atoms with van der Waals surface area (Å²) in [6.07, 6.45) is 7.41. The van der Waals surface area contributed by atoms with Crippen LogP contribution < -0.4 is 11.3 Å². The van der Waals surface area contributed by atoms with Gasteiger partial charge in [-0.05, 0) is 60.4 Å². The van der Waals surface area contributed by atoms with Crippen molar-refractivity contribution in [1.29, 1.82) is 0 Å². The van der Waals surface area contributed by atoms with Gasteiger partial charge in [-0.25, -0.2) is 0 Å². The molecule has 19 heavy (non-hydrogen) atoms. The number of hydrazine groups is 1. The van der Waals surface area contributed by atoms with Crippen molar-refractivity contribution in [2.75, 3.05) is 6.61 Å². The van der Waals surface area contributed by atoms with Crippen LogP contribution in [0.15, 0.2) is 10.8 Å². The van der Waals surface area contributed by atoms with Gasteiger partial charge in [0.1, 0.15) is 0 Å². The lowest BCUT2D eigenvalue weighted by molar-refractivity contribution is -0.0982. The lowest BCUT2D eigenvalue weighted by atomic mass is 9.78. The summed E-state index contributed by atoms with van der Waals surface area (Å²) < 4.78 is 6.13. The zero-order valence-corrected chi connectivity index (χ0v) is 12.5.